The van der Waals surface area contributed by atoms with Crippen molar-refractivity contribution in [2.45, 2.75) is 45.1 Å². The van der Waals surface area contributed by atoms with Gasteiger partial charge in [0.2, 0.25) is 0 Å². The molecule has 5 nitrogen and oxygen atoms in total. The van der Waals surface area contributed by atoms with E-state index in [0.717, 1.165) is 0 Å². The van der Waals surface area contributed by atoms with Gasteiger partial charge in [-0.05, 0) is 33.6 Å². The highest BCUT2D eigenvalue weighted by Crippen LogP contribution is 2.32. The van der Waals surface area contributed by atoms with E-state index in [4.69, 9.17) is 15.9 Å². The van der Waals surface area contributed by atoms with Gasteiger partial charge in [-0.1, -0.05) is 0 Å². The molecule has 0 aromatic carbocycles. The highest BCUT2D eigenvalue weighted by Gasteiger charge is 2.45. The lowest BCUT2D eigenvalue weighted by molar-refractivity contribution is -0.0335. The van der Waals surface area contributed by atoms with E-state index in [0.29, 0.717) is 13.0 Å². The minimum atomic E-state index is -3.37. The quantitative estimate of drug-likeness (QED) is 0.600. The standard InChI is InChI=1S/C12H21F2N3O2/c1-11(2,3)19-10(18)17-6-4-5-8(7-17)12(13,14)9(15)16/h8H,4-7H2,1-3H3,(H3,15,16). The molecule has 0 aromatic heterocycles. The Bertz CT molecular complexity index is 366. The summed E-state index contributed by atoms with van der Waals surface area (Å²) in [5.41, 5.74) is 4.26. The van der Waals surface area contributed by atoms with Crippen LogP contribution in [0.15, 0.2) is 0 Å². The van der Waals surface area contributed by atoms with Crippen LogP contribution in [0.4, 0.5) is 13.6 Å². The summed E-state index contributed by atoms with van der Waals surface area (Å²) in [6, 6.07) is 0. The number of likely N-dealkylation sites (tertiary alicyclic amines) is 1. The van der Waals surface area contributed by atoms with Crippen LogP contribution in [0.2, 0.25) is 0 Å². The van der Waals surface area contributed by atoms with Gasteiger partial charge in [0.15, 0.2) is 5.84 Å². The number of ether oxygens (including phenoxy) is 1. The van der Waals surface area contributed by atoms with Crippen molar-refractivity contribution in [1.82, 2.24) is 4.90 Å². The Hall–Kier alpha value is -1.40. The Labute approximate surface area is 111 Å². The fourth-order valence-electron chi connectivity index (χ4n) is 1.99. The second-order valence-electron chi connectivity index (χ2n) is 5.80. The molecule has 0 bridgehead atoms. The molecule has 0 radical (unpaired) electrons. The van der Waals surface area contributed by atoms with E-state index < -0.39 is 29.4 Å². The zero-order chi connectivity index (χ0) is 14.8. The van der Waals surface area contributed by atoms with Gasteiger partial charge in [-0.25, -0.2) is 4.79 Å². The molecule has 1 atom stereocenters. The normalized spacial score (nSPS) is 21.1. The highest BCUT2D eigenvalue weighted by atomic mass is 19.3. The van der Waals surface area contributed by atoms with Crippen molar-refractivity contribution in [3.63, 3.8) is 0 Å². The summed E-state index contributed by atoms with van der Waals surface area (Å²) in [7, 11) is 0. The molecule has 1 unspecified atom stereocenters. The molecule has 1 aliphatic heterocycles. The van der Waals surface area contributed by atoms with Gasteiger partial charge in [0, 0.05) is 19.0 Å². The van der Waals surface area contributed by atoms with E-state index in [9.17, 15) is 13.6 Å². The summed E-state index contributed by atoms with van der Waals surface area (Å²) < 4.78 is 32.5. The summed E-state index contributed by atoms with van der Waals surface area (Å²) in [5, 5.41) is 6.94. The minimum absolute atomic E-state index is 0.137. The second kappa shape index (κ2) is 5.30. The third kappa shape index (κ3) is 4.04. The van der Waals surface area contributed by atoms with Crippen LogP contribution in [0.5, 0.6) is 0 Å². The van der Waals surface area contributed by atoms with Crippen LogP contribution in [0.25, 0.3) is 0 Å². The zero-order valence-corrected chi connectivity index (χ0v) is 11.5. The monoisotopic (exact) mass is 277 g/mol. The van der Waals surface area contributed by atoms with Gasteiger partial charge in [-0.3, -0.25) is 5.41 Å². The summed E-state index contributed by atoms with van der Waals surface area (Å²) in [6.07, 6.45) is 0.0927. The molecular formula is C12H21F2N3O2. The highest BCUT2D eigenvalue weighted by molar-refractivity contribution is 5.84. The molecule has 1 amide bonds. The number of alkyl halides is 2. The third-order valence-electron chi connectivity index (χ3n) is 2.94. The first kappa shape index (κ1) is 15.7. The summed E-state index contributed by atoms with van der Waals surface area (Å²) in [4.78, 5) is 13.1. The lowest BCUT2D eigenvalue weighted by Crippen LogP contribution is -2.51. The van der Waals surface area contributed by atoms with Crippen LogP contribution in [0.3, 0.4) is 0 Å². The topological polar surface area (TPSA) is 79.4 Å². The lowest BCUT2D eigenvalue weighted by Gasteiger charge is -2.36. The van der Waals surface area contributed by atoms with Crippen LogP contribution in [-0.4, -0.2) is 41.4 Å². The van der Waals surface area contributed by atoms with Gasteiger partial charge < -0.3 is 15.4 Å². The maximum absolute atomic E-state index is 13.7. The van der Waals surface area contributed by atoms with Gasteiger partial charge in [0.25, 0.3) is 0 Å². The maximum Gasteiger partial charge on any atom is 0.410 e. The van der Waals surface area contributed by atoms with Crippen LogP contribution in [-0.2, 0) is 4.74 Å². The zero-order valence-electron chi connectivity index (χ0n) is 11.5. The molecule has 1 heterocycles. The SMILES string of the molecule is CC(C)(C)OC(=O)N1CCCC(C(F)(F)C(=N)N)C1. The number of piperidine rings is 1. The van der Waals surface area contributed by atoms with Crippen LogP contribution in [0, 0.1) is 11.3 Å². The number of hydrogen-bond acceptors (Lipinski definition) is 3. The van der Waals surface area contributed by atoms with Gasteiger partial charge in [0.1, 0.15) is 5.60 Å². The van der Waals surface area contributed by atoms with Gasteiger partial charge in [-0.2, -0.15) is 8.78 Å². The number of carbonyl (C=O) groups excluding carboxylic acids is 1. The number of rotatable bonds is 2. The first-order valence-electron chi connectivity index (χ1n) is 6.24. The maximum atomic E-state index is 13.7. The molecule has 0 saturated carbocycles. The lowest BCUT2D eigenvalue weighted by atomic mass is 9.91. The molecule has 0 aliphatic carbocycles. The summed E-state index contributed by atoms with van der Waals surface area (Å²) >= 11 is 0. The van der Waals surface area contributed by atoms with Crippen LogP contribution in [0.1, 0.15) is 33.6 Å². The molecule has 1 fully saturated rings. The molecule has 19 heavy (non-hydrogen) atoms. The number of nitrogens with two attached hydrogens (primary N) is 1. The van der Waals surface area contributed by atoms with Crippen molar-refractivity contribution in [1.29, 1.82) is 5.41 Å². The van der Waals surface area contributed by atoms with E-state index >= 15 is 0 Å². The molecular weight excluding hydrogens is 256 g/mol. The van der Waals surface area contributed by atoms with Crippen LogP contribution < -0.4 is 5.73 Å². The van der Waals surface area contributed by atoms with E-state index in [-0.39, 0.29) is 13.0 Å². The predicted octanol–water partition coefficient (Wildman–Crippen LogP) is 2.20. The Morgan fingerprint density at radius 1 is 1.42 bits per heavy atom. The molecule has 1 saturated heterocycles. The largest absolute Gasteiger partial charge is 0.444 e. The molecule has 1 aliphatic rings. The number of hydrogen-bond donors (Lipinski definition) is 2. The molecule has 0 aromatic rings. The number of halogens is 2. The first-order valence-corrected chi connectivity index (χ1v) is 6.24. The van der Waals surface area contributed by atoms with Crippen molar-refractivity contribution >= 4 is 11.9 Å². The average Bonchev–Trinajstić information content (AvgIpc) is 2.26. The molecule has 7 heteroatoms. The second-order valence-corrected chi connectivity index (χ2v) is 5.80. The average molecular weight is 277 g/mol. The van der Waals surface area contributed by atoms with Crippen LogP contribution >= 0.6 is 0 Å². The van der Waals surface area contributed by atoms with E-state index in [1.807, 2.05) is 0 Å². The summed E-state index contributed by atoms with van der Waals surface area (Å²) in [6.45, 7) is 5.41. The Morgan fingerprint density at radius 2 is 2.00 bits per heavy atom. The fourth-order valence-corrected chi connectivity index (χ4v) is 1.99. The number of carbonyl (C=O) groups is 1. The molecule has 0 spiro atoms. The number of amides is 1. The Kier molecular flexibility index (Phi) is 4.37. The smallest absolute Gasteiger partial charge is 0.410 e. The van der Waals surface area contributed by atoms with Crippen molar-refractivity contribution in [2.24, 2.45) is 11.7 Å². The number of amidine groups is 1. The third-order valence-corrected chi connectivity index (χ3v) is 2.94. The van der Waals surface area contributed by atoms with Crippen molar-refractivity contribution < 1.29 is 18.3 Å². The Morgan fingerprint density at radius 3 is 2.47 bits per heavy atom. The van der Waals surface area contributed by atoms with Crippen molar-refractivity contribution in [3.8, 4) is 0 Å². The van der Waals surface area contributed by atoms with Gasteiger partial charge in [0.05, 0.1) is 0 Å². The number of nitrogens with zero attached hydrogens (tertiary/aromatic N) is 1. The predicted molar refractivity (Wildman–Crippen MR) is 67.4 cm³/mol. The molecule has 3 N–H and O–H groups in total. The molecule has 110 valence electrons. The van der Waals surface area contributed by atoms with Gasteiger partial charge in [-0.15, -0.1) is 0 Å². The number of nitrogens with one attached hydrogen (secondary N) is 1. The Balaban J connectivity index is 2.70. The molecule has 1 rings (SSSR count). The van der Waals surface area contributed by atoms with E-state index in [2.05, 4.69) is 0 Å². The fraction of sp³-hybridized carbons (Fsp3) is 0.833. The van der Waals surface area contributed by atoms with Crippen molar-refractivity contribution in [3.05, 3.63) is 0 Å². The van der Waals surface area contributed by atoms with E-state index in [1.54, 1.807) is 20.8 Å². The van der Waals surface area contributed by atoms with Gasteiger partial charge >= 0.3 is 12.0 Å². The van der Waals surface area contributed by atoms with E-state index in [1.165, 1.54) is 4.90 Å². The van der Waals surface area contributed by atoms with Crippen molar-refractivity contribution in [2.75, 3.05) is 13.1 Å². The minimum Gasteiger partial charge on any atom is -0.444 e. The summed E-state index contributed by atoms with van der Waals surface area (Å²) in [5.74, 6) is -5.64. The first-order chi connectivity index (χ1) is 8.54.